The summed E-state index contributed by atoms with van der Waals surface area (Å²) in [5, 5.41) is 16.0. The maximum atomic E-state index is 12.5. The Morgan fingerprint density at radius 2 is 1.97 bits per heavy atom. The highest BCUT2D eigenvalue weighted by atomic mass is 32.2. The van der Waals surface area contributed by atoms with Gasteiger partial charge in [0.1, 0.15) is 6.04 Å². The van der Waals surface area contributed by atoms with Gasteiger partial charge in [-0.3, -0.25) is 9.36 Å². The molecule has 4 rings (SSSR count). The van der Waals surface area contributed by atoms with Crippen LogP contribution in [0, 0.1) is 11.3 Å². The van der Waals surface area contributed by atoms with Gasteiger partial charge in [0.15, 0.2) is 15.4 Å². The van der Waals surface area contributed by atoms with Gasteiger partial charge in [0, 0.05) is 37.5 Å². The number of nitrogens with zero attached hydrogens (tertiary/aromatic N) is 2. The van der Waals surface area contributed by atoms with Gasteiger partial charge in [-0.05, 0) is 28.8 Å². The van der Waals surface area contributed by atoms with Crippen molar-refractivity contribution >= 4 is 26.8 Å². The number of rotatable bonds is 5. The molecule has 9 nitrogen and oxygen atoms in total. The largest absolute Gasteiger partial charge is 0.419 e. The number of nitrogens with one attached hydrogen (secondary N) is 2. The van der Waals surface area contributed by atoms with Crippen molar-refractivity contribution in [3.05, 3.63) is 69.6 Å². The minimum absolute atomic E-state index is 0.0678. The molecular weight excluding hydrogens is 444 g/mol. The van der Waals surface area contributed by atoms with Crippen LogP contribution in [0.4, 0.5) is 0 Å². The lowest BCUT2D eigenvalue weighted by atomic mass is 10.0. The molecule has 1 aromatic heterocycles. The van der Waals surface area contributed by atoms with Crippen molar-refractivity contribution in [2.75, 3.05) is 18.8 Å². The van der Waals surface area contributed by atoms with E-state index < -0.39 is 27.5 Å². The Labute approximate surface area is 190 Å². The van der Waals surface area contributed by atoms with Crippen LogP contribution in [0.5, 0.6) is 0 Å². The maximum Gasteiger partial charge on any atom is 0.419 e. The zero-order valence-corrected chi connectivity index (χ0v) is 18.7. The predicted octanol–water partition coefficient (Wildman–Crippen LogP) is 1.25. The summed E-state index contributed by atoms with van der Waals surface area (Å²) >= 11 is 0. The Balaban J connectivity index is 1.47. The SMILES string of the molecule is Cn1c(=O)oc2ccc(-c3ccc(CC(C#N)NC(=O)C4=CS(=O)(=O)CCNC4)cc3)cc21. The van der Waals surface area contributed by atoms with Crippen LogP contribution in [0.1, 0.15) is 5.56 Å². The first-order valence-electron chi connectivity index (χ1n) is 10.3. The Bertz CT molecular complexity index is 1440. The third-order valence-electron chi connectivity index (χ3n) is 5.47. The molecule has 1 aliphatic heterocycles. The second-order valence-corrected chi connectivity index (χ2v) is 9.82. The smallest absolute Gasteiger partial charge is 0.408 e. The molecule has 1 unspecified atom stereocenters. The van der Waals surface area contributed by atoms with Crippen molar-refractivity contribution in [3.8, 4) is 17.2 Å². The van der Waals surface area contributed by atoms with E-state index in [1.807, 2.05) is 36.4 Å². The van der Waals surface area contributed by atoms with Crippen LogP contribution in [0.15, 0.2) is 62.7 Å². The molecule has 3 aromatic rings. The molecule has 0 fully saturated rings. The highest BCUT2D eigenvalue weighted by Crippen LogP contribution is 2.24. The number of sulfone groups is 1. The van der Waals surface area contributed by atoms with Crippen molar-refractivity contribution in [2.24, 2.45) is 7.05 Å². The minimum atomic E-state index is -3.45. The van der Waals surface area contributed by atoms with Crippen molar-refractivity contribution < 1.29 is 17.6 Å². The first-order valence-corrected chi connectivity index (χ1v) is 12.0. The van der Waals surface area contributed by atoms with Crippen LogP contribution < -0.4 is 16.4 Å². The number of fused-ring (bicyclic) bond motifs is 1. The lowest BCUT2D eigenvalue weighted by molar-refractivity contribution is -0.117. The number of aromatic nitrogens is 1. The summed E-state index contributed by atoms with van der Waals surface area (Å²) in [6.45, 7) is 0.401. The highest BCUT2D eigenvalue weighted by molar-refractivity contribution is 7.94. The molecule has 0 radical (unpaired) electrons. The summed E-state index contributed by atoms with van der Waals surface area (Å²) in [6.07, 6.45) is 0.269. The molecular formula is C23H22N4O5S. The van der Waals surface area contributed by atoms with Gasteiger partial charge in [-0.15, -0.1) is 0 Å². The molecule has 0 spiro atoms. The van der Waals surface area contributed by atoms with Crippen molar-refractivity contribution in [1.82, 2.24) is 15.2 Å². The molecule has 2 heterocycles. The molecule has 0 aliphatic carbocycles. The highest BCUT2D eigenvalue weighted by Gasteiger charge is 2.21. The van der Waals surface area contributed by atoms with E-state index in [-0.39, 0.29) is 30.8 Å². The van der Waals surface area contributed by atoms with Gasteiger partial charge in [-0.2, -0.15) is 5.26 Å². The molecule has 0 saturated carbocycles. The summed E-state index contributed by atoms with van der Waals surface area (Å²) in [4.78, 5) is 24.2. The number of carbonyl (C=O) groups excluding carboxylic acids is 1. The van der Waals surface area contributed by atoms with Gasteiger partial charge in [-0.25, -0.2) is 13.2 Å². The molecule has 1 amide bonds. The number of nitriles is 1. The average Bonchev–Trinajstić information content (AvgIpc) is 2.95. The second kappa shape index (κ2) is 9.05. The number of hydrogen-bond acceptors (Lipinski definition) is 7. The summed E-state index contributed by atoms with van der Waals surface area (Å²) in [6, 6.07) is 14.3. The third kappa shape index (κ3) is 5.05. The molecule has 2 N–H and O–H groups in total. The van der Waals surface area contributed by atoms with E-state index in [4.69, 9.17) is 4.42 Å². The van der Waals surface area contributed by atoms with E-state index in [2.05, 4.69) is 16.7 Å². The first-order chi connectivity index (χ1) is 15.8. The molecule has 170 valence electrons. The Morgan fingerprint density at radius 3 is 2.70 bits per heavy atom. The maximum absolute atomic E-state index is 12.5. The average molecular weight is 467 g/mol. The first kappa shape index (κ1) is 22.5. The van der Waals surface area contributed by atoms with Crippen LogP contribution >= 0.6 is 0 Å². The van der Waals surface area contributed by atoms with E-state index in [0.29, 0.717) is 11.1 Å². The van der Waals surface area contributed by atoms with Crippen LogP contribution in [0.25, 0.3) is 22.2 Å². The summed E-state index contributed by atoms with van der Waals surface area (Å²) in [5.41, 5.74) is 3.96. The van der Waals surface area contributed by atoms with E-state index in [0.717, 1.165) is 22.1 Å². The molecule has 2 aromatic carbocycles. The second-order valence-electron chi connectivity index (χ2n) is 7.85. The number of oxazole rings is 1. The molecule has 1 atom stereocenters. The van der Waals surface area contributed by atoms with Crippen LogP contribution in [-0.2, 0) is 28.1 Å². The van der Waals surface area contributed by atoms with E-state index in [9.17, 15) is 23.3 Å². The van der Waals surface area contributed by atoms with Gasteiger partial charge in [0.05, 0.1) is 17.3 Å². The van der Waals surface area contributed by atoms with Gasteiger partial charge >= 0.3 is 5.76 Å². The Hall–Kier alpha value is -3.68. The predicted molar refractivity (Wildman–Crippen MR) is 123 cm³/mol. The van der Waals surface area contributed by atoms with E-state index in [1.165, 1.54) is 4.57 Å². The number of amides is 1. The number of benzene rings is 2. The minimum Gasteiger partial charge on any atom is -0.408 e. The van der Waals surface area contributed by atoms with Gasteiger partial charge in [-0.1, -0.05) is 30.3 Å². The zero-order valence-electron chi connectivity index (χ0n) is 17.9. The number of hydrogen-bond donors (Lipinski definition) is 2. The fraction of sp³-hybridized carbons (Fsp3) is 0.261. The summed E-state index contributed by atoms with van der Waals surface area (Å²) in [5.74, 6) is -1.06. The standard InChI is InChI=1S/C23H22N4O5S/c1-27-20-11-17(6-7-21(20)32-23(27)29)16-4-2-15(3-5-16)10-19(12-24)26-22(28)18-13-25-8-9-33(30,31)14-18/h2-7,11,14,19,25H,8-10,13H2,1H3,(H,26,28). The van der Waals surface area contributed by atoms with Crippen molar-refractivity contribution in [3.63, 3.8) is 0 Å². The normalized spacial score (nSPS) is 16.4. The van der Waals surface area contributed by atoms with Crippen molar-refractivity contribution in [2.45, 2.75) is 12.5 Å². The van der Waals surface area contributed by atoms with Gasteiger partial charge in [0.25, 0.3) is 0 Å². The third-order valence-corrected chi connectivity index (χ3v) is 6.89. The van der Waals surface area contributed by atoms with Gasteiger partial charge in [0.2, 0.25) is 5.91 Å². The molecule has 33 heavy (non-hydrogen) atoms. The zero-order chi connectivity index (χ0) is 23.6. The van der Waals surface area contributed by atoms with Crippen LogP contribution in [0.3, 0.4) is 0 Å². The number of aryl methyl sites for hydroxylation is 1. The molecule has 0 bridgehead atoms. The lowest BCUT2D eigenvalue weighted by Crippen LogP contribution is -2.38. The topological polar surface area (TPSA) is 134 Å². The Kier molecular flexibility index (Phi) is 6.18. The van der Waals surface area contributed by atoms with E-state index in [1.54, 1.807) is 13.1 Å². The van der Waals surface area contributed by atoms with Gasteiger partial charge < -0.3 is 15.1 Å². The summed E-state index contributed by atoms with van der Waals surface area (Å²) < 4.78 is 30.4. The quantitative estimate of drug-likeness (QED) is 0.578. The van der Waals surface area contributed by atoms with E-state index >= 15 is 0 Å². The molecule has 1 aliphatic rings. The lowest BCUT2D eigenvalue weighted by Gasteiger charge is -2.13. The number of carbonyl (C=O) groups is 1. The van der Waals surface area contributed by atoms with Crippen LogP contribution in [0.2, 0.25) is 0 Å². The molecule has 0 saturated heterocycles. The van der Waals surface area contributed by atoms with Crippen molar-refractivity contribution in [1.29, 1.82) is 5.26 Å². The monoisotopic (exact) mass is 466 g/mol. The van der Waals surface area contributed by atoms with Crippen LogP contribution in [-0.4, -0.2) is 43.8 Å². The Morgan fingerprint density at radius 1 is 1.24 bits per heavy atom. The summed E-state index contributed by atoms with van der Waals surface area (Å²) in [7, 11) is -1.81. The fourth-order valence-electron chi connectivity index (χ4n) is 3.64. The fourth-order valence-corrected chi connectivity index (χ4v) is 4.81. The molecule has 10 heteroatoms.